The number of thiazole rings is 1. The van der Waals surface area contributed by atoms with Crippen molar-refractivity contribution >= 4 is 17.2 Å². The molecule has 0 bridgehead atoms. The van der Waals surface area contributed by atoms with Crippen molar-refractivity contribution in [2.24, 2.45) is 5.73 Å². The van der Waals surface area contributed by atoms with Crippen LogP contribution in [0.25, 0.3) is 22.1 Å². The van der Waals surface area contributed by atoms with Gasteiger partial charge in [-0.3, -0.25) is 4.79 Å². The summed E-state index contributed by atoms with van der Waals surface area (Å²) in [6.45, 7) is 4.02. The second kappa shape index (κ2) is 7.05. The highest BCUT2D eigenvalue weighted by Crippen LogP contribution is 2.31. The Balaban J connectivity index is 1.79. The Morgan fingerprint density at radius 1 is 1.25 bits per heavy atom. The van der Waals surface area contributed by atoms with Gasteiger partial charge in [0.2, 0.25) is 0 Å². The number of rotatable bonds is 5. The number of nitrogens with zero attached hydrogens (tertiary/aromatic N) is 3. The number of primary amides is 1. The molecular formula is C20H17FN4O2S. The Kier molecular flexibility index (Phi) is 4.56. The first-order valence-corrected chi connectivity index (χ1v) is 9.44. The number of hydrogen-bond acceptors (Lipinski definition) is 5. The number of nitrogens with two attached hydrogens (primary N) is 1. The maximum Gasteiger partial charge on any atom is 0.250 e. The summed E-state index contributed by atoms with van der Waals surface area (Å²) in [5.41, 5.74) is 9.52. The Hall–Kier alpha value is -3.26. The smallest absolute Gasteiger partial charge is 0.250 e. The topological polar surface area (TPSA) is 86.9 Å². The van der Waals surface area contributed by atoms with E-state index in [-0.39, 0.29) is 5.82 Å². The van der Waals surface area contributed by atoms with Crippen molar-refractivity contribution < 1.29 is 13.7 Å². The normalized spacial score (nSPS) is 11.1. The van der Waals surface area contributed by atoms with Gasteiger partial charge < -0.3 is 14.8 Å². The van der Waals surface area contributed by atoms with Gasteiger partial charge in [-0.15, -0.1) is 11.3 Å². The molecular weight excluding hydrogens is 379 g/mol. The third-order valence-electron chi connectivity index (χ3n) is 4.48. The maximum atomic E-state index is 13.6. The van der Waals surface area contributed by atoms with Gasteiger partial charge in [0.05, 0.1) is 17.0 Å². The highest BCUT2D eigenvalue weighted by Gasteiger charge is 2.20. The molecule has 6 nitrogen and oxygen atoms in total. The van der Waals surface area contributed by atoms with E-state index in [1.807, 2.05) is 35.9 Å². The lowest BCUT2D eigenvalue weighted by atomic mass is 10.2. The number of carbonyl (C=O) groups excluding carboxylic acids is 1. The molecule has 0 aliphatic rings. The summed E-state index contributed by atoms with van der Waals surface area (Å²) in [5, 5.41) is 6.60. The second-order valence-corrected chi connectivity index (χ2v) is 7.33. The molecule has 0 aliphatic heterocycles. The zero-order valence-corrected chi connectivity index (χ0v) is 16.1. The van der Waals surface area contributed by atoms with Crippen molar-refractivity contribution in [3.63, 3.8) is 0 Å². The standard InChI is InChI=1S/C20H17FN4O2S/c1-11-6-16(24-27-11)20-23-17(10-28-20)18-8-15(19(22)26)12(2)25(18)9-13-4-3-5-14(21)7-13/h3-8,10H,9H2,1-2H3,(H2,22,26). The minimum absolute atomic E-state index is 0.309. The van der Waals surface area contributed by atoms with Crippen LogP contribution in [0.15, 0.2) is 46.3 Å². The van der Waals surface area contributed by atoms with Gasteiger partial charge in [-0.1, -0.05) is 17.3 Å². The minimum atomic E-state index is -0.515. The van der Waals surface area contributed by atoms with Crippen LogP contribution >= 0.6 is 11.3 Å². The molecule has 4 aromatic rings. The molecule has 0 unspecified atom stereocenters. The van der Waals surface area contributed by atoms with Gasteiger partial charge >= 0.3 is 0 Å². The number of hydrogen-bond donors (Lipinski definition) is 1. The van der Waals surface area contributed by atoms with Gasteiger partial charge in [0, 0.05) is 23.7 Å². The Bertz CT molecular complexity index is 1170. The van der Waals surface area contributed by atoms with Crippen LogP contribution in [0.3, 0.4) is 0 Å². The van der Waals surface area contributed by atoms with Crippen molar-refractivity contribution in [1.29, 1.82) is 0 Å². The number of carbonyl (C=O) groups is 1. The molecule has 4 rings (SSSR count). The van der Waals surface area contributed by atoms with E-state index >= 15 is 0 Å². The van der Waals surface area contributed by atoms with Crippen LogP contribution in [-0.2, 0) is 6.54 Å². The third-order valence-corrected chi connectivity index (χ3v) is 5.34. The highest BCUT2D eigenvalue weighted by atomic mass is 32.1. The van der Waals surface area contributed by atoms with Crippen LogP contribution in [0.2, 0.25) is 0 Å². The fraction of sp³-hybridized carbons (Fsp3) is 0.150. The number of halogens is 1. The van der Waals surface area contributed by atoms with Crippen molar-refractivity contribution in [2.75, 3.05) is 0 Å². The highest BCUT2D eigenvalue weighted by molar-refractivity contribution is 7.13. The molecule has 0 aliphatic carbocycles. The van der Waals surface area contributed by atoms with Crippen LogP contribution < -0.4 is 5.73 Å². The van der Waals surface area contributed by atoms with E-state index in [0.29, 0.717) is 40.0 Å². The zero-order valence-electron chi connectivity index (χ0n) is 15.3. The monoisotopic (exact) mass is 396 g/mol. The Labute approximate surface area is 164 Å². The van der Waals surface area contributed by atoms with Crippen molar-refractivity contribution in [3.8, 4) is 22.1 Å². The van der Waals surface area contributed by atoms with Crippen LogP contribution in [0.1, 0.15) is 27.4 Å². The summed E-state index contributed by atoms with van der Waals surface area (Å²) in [6, 6.07) is 9.90. The Morgan fingerprint density at radius 3 is 2.75 bits per heavy atom. The van der Waals surface area contributed by atoms with Crippen molar-refractivity contribution in [1.82, 2.24) is 14.7 Å². The molecule has 0 radical (unpaired) electrons. The first-order valence-electron chi connectivity index (χ1n) is 8.56. The van der Waals surface area contributed by atoms with E-state index in [1.54, 1.807) is 12.1 Å². The van der Waals surface area contributed by atoms with E-state index < -0.39 is 5.91 Å². The van der Waals surface area contributed by atoms with Crippen LogP contribution in [0.4, 0.5) is 4.39 Å². The molecule has 1 aromatic carbocycles. The van der Waals surface area contributed by atoms with Crippen LogP contribution in [0, 0.1) is 19.7 Å². The van der Waals surface area contributed by atoms with Crippen molar-refractivity contribution in [3.05, 3.63) is 70.2 Å². The summed E-state index contributed by atoms with van der Waals surface area (Å²) in [5.74, 6) is -0.122. The first kappa shape index (κ1) is 18.1. The largest absolute Gasteiger partial charge is 0.366 e. The van der Waals surface area contributed by atoms with Gasteiger partial charge in [-0.25, -0.2) is 9.37 Å². The molecule has 142 valence electrons. The average Bonchev–Trinajstić information content (AvgIpc) is 3.35. The molecule has 3 aromatic heterocycles. The van der Waals surface area contributed by atoms with Crippen LogP contribution in [-0.4, -0.2) is 20.6 Å². The van der Waals surface area contributed by atoms with E-state index in [4.69, 9.17) is 10.3 Å². The number of aromatic nitrogens is 3. The fourth-order valence-corrected chi connectivity index (χ4v) is 3.87. The number of amides is 1. The molecule has 28 heavy (non-hydrogen) atoms. The second-order valence-electron chi connectivity index (χ2n) is 6.47. The van der Waals surface area contributed by atoms with Gasteiger partial charge in [0.25, 0.3) is 5.91 Å². The molecule has 1 amide bonds. The van der Waals surface area contributed by atoms with Crippen LogP contribution in [0.5, 0.6) is 0 Å². The van der Waals surface area contributed by atoms with Gasteiger partial charge in [-0.05, 0) is 37.6 Å². The maximum absolute atomic E-state index is 13.6. The fourth-order valence-electron chi connectivity index (χ4n) is 3.10. The number of aryl methyl sites for hydroxylation is 1. The predicted octanol–water partition coefficient (Wildman–Crippen LogP) is 4.17. The molecule has 0 atom stereocenters. The van der Waals surface area contributed by atoms with Gasteiger partial charge in [0.1, 0.15) is 22.3 Å². The van der Waals surface area contributed by atoms with Gasteiger partial charge in [0.15, 0.2) is 0 Å². The summed E-state index contributed by atoms with van der Waals surface area (Å²) in [7, 11) is 0. The molecule has 8 heteroatoms. The first-order chi connectivity index (χ1) is 13.4. The van der Waals surface area contributed by atoms with E-state index in [0.717, 1.165) is 11.3 Å². The van der Waals surface area contributed by atoms with Crippen molar-refractivity contribution in [2.45, 2.75) is 20.4 Å². The van der Waals surface area contributed by atoms with E-state index in [2.05, 4.69) is 10.1 Å². The summed E-state index contributed by atoms with van der Waals surface area (Å²) >= 11 is 1.43. The zero-order chi connectivity index (χ0) is 19.8. The predicted molar refractivity (Wildman–Crippen MR) is 105 cm³/mol. The summed E-state index contributed by atoms with van der Waals surface area (Å²) < 4.78 is 20.6. The molecule has 3 heterocycles. The minimum Gasteiger partial charge on any atom is -0.366 e. The molecule has 0 saturated heterocycles. The van der Waals surface area contributed by atoms with E-state index in [9.17, 15) is 9.18 Å². The average molecular weight is 396 g/mol. The lowest BCUT2D eigenvalue weighted by Crippen LogP contribution is -2.12. The summed E-state index contributed by atoms with van der Waals surface area (Å²) in [4.78, 5) is 16.5. The Morgan fingerprint density at radius 2 is 2.07 bits per heavy atom. The van der Waals surface area contributed by atoms with E-state index in [1.165, 1.54) is 23.5 Å². The molecule has 0 spiro atoms. The molecule has 0 saturated carbocycles. The quantitative estimate of drug-likeness (QED) is 0.548. The lowest BCUT2D eigenvalue weighted by molar-refractivity contribution is 0.0999. The SMILES string of the molecule is Cc1cc(-c2nc(-c3cc(C(N)=O)c(C)n3Cc3cccc(F)c3)cs2)no1. The molecule has 2 N–H and O–H groups in total. The third kappa shape index (κ3) is 3.34. The van der Waals surface area contributed by atoms with Gasteiger partial charge in [-0.2, -0.15) is 0 Å². The summed E-state index contributed by atoms with van der Waals surface area (Å²) in [6.07, 6.45) is 0. The number of benzene rings is 1. The molecule has 0 fully saturated rings. The lowest BCUT2D eigenvalue weighted by Gasteiger charge is -2.11.